The number of aliphatic hydroxyl groups is 18. The molecule has 0 aromatic heterocycles. The van der Waals surface area contributed by atoms with Crippen LogP contribution in [0.15, 0.2) is 11.6 Å². The van der Waals surface area contributed by atoms with Gasteiger partial charge in [0.1, 0.15) is 128 Å². The van der Waals surface area contributed by atoms with Crippen LogP contribution in [0.1, 0.15) is 113 Å². The summed E-state index contributed by atoms with van der Waals surface area (Å²) >= 11 is 0. The summed E-state index contributed by atoms with van der Waals surface area (Å²) in [4.78, 5) is 0. The number of aliphatic hydroxyl groups excluding tert-OH is 18. The van der Waals surface area contributed by atoms with Crippen LogP contribution < -0.4 is 0 Å². The van der Waals surface area contributed by atoms with Crippen LogP contribution in [0.4, 0.5) is 0 Å². The van der Waals surface area contributed by atoms with E-state index in [0.717, 1.165) is 18.4 Å². The molecule has 18 N–H and O–H groups in total. The molecule has 0 aromatic carbocycles. The molecule has 37 atom stereocenters. The minimum atomic E-state index is -1.90. The molecule has 0 spiro atoms. The number of hydrogen-bond donors (Lipinski definition) is 18. The predicted molar refractivity (Wildman–Crippen MR) is 313 cm³/mol. The second kappa shape index (κ2) is 28.9. The molecule has 93 heavy (non-hydrogen) atoms. The van der Waals surface area contributed by atoms with Crippen LogP contribution in [-0.2, 0) is 56.8 Å². The lowest BCUT2D eigenvalue weighted by molar-refractivity contribution is -0.395. The monoisotopic (exact) mass is 1340 g/mol. The fourth-order valence-electron chi connectivity index (χ4n) is 18.3. The van der Waals surface area contributed by atoms with Gasteiger partial charge in [0, 0.05) is 0 Å². The van der Waals surface area contributed by atoms with E-state index in [4.69, 9.17) is 56.8 Å². The summed E-state index contributed by atoms with van der Waals surface area (Å²) in [5.74, 6) is -0.715. The zero-order valence-electron chi connectivity index (χ0n) is 54.2. The topological polar surface area (TPSA) is 475 Å². The second-order valence-electron chi connectivity index (χ2n) is 30.0. The van der Waals surface area contributed by atoms with Gasteiger partial charge in [-0.3, -0.25) is 0 Å². The van der Waals surface area contributed by atoms with Gasteiger partial charge >= 0.3 is 0 Å². The smallest absolute Gasteiger partial charge is 0.187 e. The van der Waals surface area contributed by atoms with Crippen molar-refractivity contribution in [3.05, 3.63) is 11.6 Å². The van der Waals surface area contributed by atoms with Crippen LogP contribution in [0.3, 0.4) is 0 Å². The Balaban J connectivity index is 0.837. The maximum Gasteiger partial charge on any atom is 0.187 e. The standard InChI is InChI=1S/C63H106O30/c1-25(2)10-9-14-63(8,93-56-50(81)44(75)42(73)32(89-56)23-84-53-49(80)43(74)33(24-85-53)88-54-47(78)38(69)28(67)21-82-54)26-11-16-62(7)37(26)27(66)18-35-60(5)15-13-36(59(3,4)34(60)12-17-61(35,62)6)90-57-51(45(76)40(71)30(19-64)86-57)92-58-52(46(77)41(72)31(20-65)87-58)91-55-48(79)39(70)29(68)22-83-55/h10,26-58,64-81H,9,11-24H2,1-8H3/t26-,27+,28+,29+,30+,31+,32+,33+,34-,35+,36-,37-,38-,39-,40+,41+,42+,43-,44-,45-,46-,47+,48+,49-,50+,51+,52+,53+,54-,55-,56-,57+,58-,60-,61+,62+,63-/m0/s1. The van der Waals surface area contributed by atoms with E-state index in [1.807, 2.05) is 20.8 Å². The highest BCUT2D eigenvalue weighted by molar-refractivity contribution is 5.21. The molecule has 10 aliphatic rings. The highest BCUT2D eigenvalue weighted by Crippen LogP contribution is 2.76. The Kier molecular flexibility index (Phi) is 23.1. The summed E-state index contributed by atoms with van der Waals surface area (Å²) in [5, 5.41) is 197. The molecule has 30 nitrogen and oxygen atoms in total. The Morgan fingerprint density at radius 2 is 0.989 bits per heavy atom. The largest absolute Gasteiger partial charge is 0.394 e. The summed E-state index contributed by atoms with van der Waals surface area (Å²) in [5.41, 5.74) is -1.95. The molecule has 0 aromatic rings. The van der Waals surface area contributed by atoms with Crippen LogP contribution >= 0.6 is 0 Å². The molecule has 6 heterocycles. The van der Waals surface area contributed by atoms with E-state index < -0.39 is 226 Å². The van der Waals surface area contributed by atoms with E-state index in [2.05, 4.69) is 40.7 Å². The first-order chi connectivity index (χ1) is 43.7. The van der Waals surface area contributed by atoms with E-state index >= 15 is 0 Å². The molecule has 30 heteroatoms. The van der Waals surface area contributed by atoms with Crippen LogP contribution in [0.25, 0.3) is 0 Å². The fourth-order valence-corrected chi connectivity index (χ4v) is 18.3. The van der Waals surface area contributed by atoms with Gasteiger partial charge in [-0.05, 0) is 124 Å². The highest BCUT2D eigenvalue weighted by atomic mass is 16.8. The van der Waals surface area contributed by atoms with Crippen LogP contribution in [0.5, 0.6) is 0 Å². The van der Waals surface area contributed by atoms with Crippen LogP contribution in [0, 0.1) is 45.3 Å². The summed E-state index contributed by atoms with van der Waals surface area (Å²) in [6.07, 6.45) is -38.2. The van der Waals surface area contributed by atoms with Crippen molar-refractivity contribution < 1.29 is 149 Å². The van der Waals surface area contributed by atoms with Crippen molar-refractivity contribution in [3.8, 4) is 0 Å². The molecule has 4 aliphatic carbocycles. The Bertz CT molecular complexity index is 2480. The van der Waals surface area contributed by atoms with Crippen molar-refractivity contribution in [1.29, 1.82) is 0 Å². The van der Waals surface area contributed by atoms with E-state index in [9.17, 15) is 91.9 Å². The minimum Gasteiger partial charge on any atom is -0.394 e. The Labute approximate surface area is 540 Å². The molecule has 0 amide bonds. The van der Waals surface area contributed by atoms with Gasteiger partial charge in [-0.15, -0.1) is 0 Å². The number of allylic oxidation sites excluding steroid dienone is 2. The van der Waals surface area contributed by atoms with E-state index in [-0.39, 0.29) is 42.3 Å². The number of hydrogen-bond acceptors (Lipinski definition) is 30. The van der Waals surface area contributed by atoms with Crippen LogP contribution in [-0.4, -0.2) is 315 Å². The second-order valence-corrected chi connectivity index (χ2v) is 30.0. The minimum absolute atomic E-state index is 0.0258. The molecule has 538 valence electrons. The Hall–Kier alpha value is -1.46. The third-order valence-corrected chi connectivity index (χ3v) is 24.0. The van der Waals surface area contributed by atoms with Crippen LogP contribution in [0.2, 0.25) is 0 Å². The number of fused-ring (bicyclic) bond motifs is 5. The zero-order chi connectivity index (χ0) is 67.9. The number of ether oxygens (including phenoxy) is 12. The molecule has 0 unspecified atom stereocenters. The third-order valence-electron chi connectivity index (χ3n) is 24.0. The van der Waals surface area contributed by atoms with Crippen molar-refractivity contribution >= 4 is 0 Å². The average molecular weight is 1340 g/mol. The molecular weight excluding hydrogens is 1240 g/mol. The average Bonchev–Trinajstić information content (AvgIpc) is 1.65. The predicted octanol–water partition coefficient (Wildman–Crippen LogP) is -4.64. The normalized spacial score (nSPS) is 53.2. The summed E-state index contributed by atoms with van der Waals surface area (Å²) in [6, 6.07) is 0. The summed E-state index contributed by atoms with van der Waals surface area (Å²) in [7, 11) is 0. The molecule has 4 saturated carbocycles. The van der Waals surface area contributed by atoms with Crippen molar-refractivity contribution in [2.75, 3.05) is 39.6 Å². The molecule has 6 aliphatic heterocycles. The first-order valence-electron chi connectivity index (χ1n) is 33.1. The maximum absolute atomic E-state index is 13.0. The lowest BCUT2D eigenvalue weighted by Gasteiger charge is -2.71. The Morgan fingerprint density at radius 3 is 1.57 bits per heavy atom. The lowest BCUT2D eigenvalue weighted by Crippen LogP contribution is -2.68. The van der Waals surface area contributed by atoms with E-state index in [1.165, 1.54) is 0 Å². The van der Waals surface area contributed by atoms with Crippen molar-refractivity contribution in [1.82, 2.24) is 0 Å². The quantitative estimate of drug-likeness (QED) is 0.0427. The summed E-state index contributed by atoms with van der Waals surface area (Å²) < 4.78 is 72.4. The number of rotatable bonds is 19. The molecule has 0 radical (unpaired) electrons. The highest BCUT2D eigenvalue weighted by Gasteiger charge is 2.72. The van der Waals surface area contributed by atoms with Gasteiger partial charge in [-0.25, -0.2) is 0 Å². The van der Waals surface area contributed by atoms with Gasteiger partial charge in [-0.2, -0.15) is 0 Å². The fraction of sp³-hybridized carbons (Fsp3) is 0.968. The van der Waals surface area contributed by atoms with Crippen molar-refractivity contribution in [3.63, 3.8) is 0 Å². The Morgan fingerprint density at radius 1 is 0.484 bits per heavy atom. The van der Waals surface area contributed by atoms with Gasteiger partial charge in [0.15, 0.2) is 37.7 Å². The first-order valence-corrected chi connectivity index (χ1v) is 33.1. The zero-order valence-corrected chi connectivity index (χ0v) is 54.2. The molecule has 10 fully saturated rings. The molecule has 6 saturated heterocycles. The van der Waals surface area contributed by atoms with Gasteiger partial charge < -0.3 is 149 Å². The van der Waals surface area contributed by atoms with Gasteiger partial charge in [0.2, 0.25) is 0 Å². The molecular formula is C63H106O30. The van der Waals surface area contributed by atoms with Gasteiger partial charge in [0.05, 0.1) is 57.5 Å². The van der Waals surface area contributed by atoms with Crippen molar-refractivity contribution in [2.45, 2.75) is 297 Å². The van der Waals surface area contributed by atoms with Crippen molar-refractivity contribution in [2.24, 2.45) is 45.3 Å². The third kappa shape index (κ3) is 13.7. The van der Waals surface area contributed by atoms with E-state index in [1.54, 1.807) is 0 Å². The summed E-state index contributed by atoms with van der Waals surface area (Å²) in [6.45, 7) is 13.7. The molecule has 10 rings (SSSR count). The van der Waals surface area contributed by atoms with Gasteiger partial charge in [0.25, 0.3) is 0 Å². The SMILES string of the molecule is CC(C)=CCC[C@](C)(O[C@@H]1O[C@H](CO[C@@H]2OC[C@@H](O[C@@H]3OC[C@@H](O)[C@H](O)[C@H]3O)[C@H](O)[C@@H]2O)[C@@H](O)[C@H](O)[C@H]1O)[C@H]1CC[C@]2(C)[C@@H]1[C@H](O)C[C@@H]1[C@@]3(C)CC[C@H](O[C@H]4O[C@H](CO)[C@@H](O)[C@H](O)[C@H]4O[C@@H]4O[C@H](CO)[C@@H](O)[C@H](O)[C@H]4O[C@@H]4OC[C@@H](O)[C@H](O)[C@H]4O)C(C)(C)[C@@H]3CC[C@]12C. The maximum atomic E-state index is 13.0. The van der Waals surface area contributed by atoms with E-state index in [0.29, 0.717) is 44.9 Å². The first kappa shape index (κ1) is 74.2. The molecule has 0 bridgehead atoms. The lowest BCUT2D eigenvalue weighted by atomic mass is 9.35. The van der Waals surface area contributed by atoms with Gasteiger partial charge in [-0.1, -0.05) is 46.3 Å².